The number of aromatic nitrogens is 3. The lowest BCUT2D eigenvalue weighted by molar-refractivity contribution is 0.0842. The molecule has 1 aliphatic carbocycles. The monoisotopic (exact) mass is 378 g/mol. The Kier molecular flexibility index (Phi) is 5.10. The van der Waals surface area contributed by atoms with Crippen molar-refractivity contribution in [2.24, 2.45) is 11.7 Å². The van der Waals surface area contributed by atoms with E-state index in [0.717, 1.165) is 0 Å². The molecule has 9 nitrogen and oxygen atoms in total. The first-order chi connectivity index (χ1) is 12.8. The third kappa shape index (κ3) is 5.06. The Balaban J connectivity index is 1.57. The van der Waals surface area contributed by atoms with E-state index in [1.807, 2.05) is 5.32 Å². The first-order valence-electron chi connectivity index (χ1n) is 7.90. The topological polar surface area (TPSA) is 136 Å². The molecular weight excluding hydrogens is 362 g/mol. The fourth-order valence-corrected chi connectivity index (χ4v) is 2.15. The molecule has 1 saturated carbocycles. The summed E-state index contributed by atoms with van der Waals surface area (Å²) in [5, 5.41) is 8.92. The normalized spacial score (nSPS) is 17.0. The van der Waals surface area contributed by atoms with Crippen molar-refractivity contribution in [1.82, 2.24) is 20.3 Å². The van der Waals surface area contributed by atoms with Crippen molar-refractivity contribution in [3.63, 3.8) is 0 Å². The molecule has 1 fully saturated rings. The van der Waals surface area contributed by atoms with E-state index < -0.39 is 23.9 Å². The van der Waals surface area contributed by atoms with Crippen molar-refractivity contribution in [1.29, 1.82) is 5.41 Å². The molecule has 4 N–H and O–H groups in total. The molecule has 0 spiro atoms. The Hall–Kier alpha value is -3.37. The first kappa shape index (κ1) is 18.4. The van der Waals surface area contributed by atoms with Gasteiger partial charge in [0.05, 0.1) is 17.3 Å². The van der Waals surface area contributed by atoms with E-state index in [0.29, 0.717) is 17.0 Å². The molecule has 0 saturated heterocycles. The molecule has 0 radical (unpaired) electrons. The van der Waals surface area contributed by atoms with Crippen LogP contribution in [0.4, 0.5) is 13.6 Å². The van der Waals surface area contributed by atoms with E-state index in [2.05, 4.69) is 15.0 Å². The van der Waals surface area contributed by atoms with Gasteiger partial charge < -0.3 is 15.2 Å². The van der Waals surface area contributed by atoms with Crippen LogP contribution in [0.25, 0.3) is 11.3 Å². The molecule has 27 heavy (non-hydrogen) atoms. The molecule has 0 unspecified atom stereocenters. The number of rotatable bonds is 6. The number of alkyl carbamates (subject to hydrolysis) is 1. The number of nitrogens with zero attached hydrogens (tertiary/aromatic N) is 3. The van der Waals surface area contributed by atoms with Gasteiger partial charge in [-0.2, -0.15) is 0 Å². The van der Waals surface area contributed by atoms with Gasteiger partial charge in [-0.15, -0.1) is 0 Å². The number of nitrogens with one attached hydrogen (secondary N) is 2. The lowest BCUT2D eigenvalue weighted by Crippen LogP contribution is -2.36. The summed E-state index contributed by atoms with van der Waals surface area (Å²) in [5.74, 6) is -3.95. The highest BCUT2D eigenvalue weighted by Crippen LogP contribution is 2.48. The van der Waals surface area contributed by atoms with Gasteiger partial charge in [0.25, 0.3) is 5.92 Å². The second-order valence-corrected chi connectivity index (χ2v) is 5.86. The number of carbonyl (C=O) groups is 1. The number of carbonyl (C=O) groups excluding carboxylic acids is 1. The highest BCUT2D eigenvalue weighted by atomic mass is 19.3. The SMILES string of the molecule is N=C(N)NC(=O)OCc1cccc(-c2cnc(OC[C@H]3CC3(F)F)nc2)n1. The van der Waals surface area contributed by atoms with Gasteiger partial charge >= 0.3 is 12.1 Å². The molecule has 3 rings (SSSR count). The summed E-state index contributed by atoms with van der Waals surface area (Å²) >= 11 is 0. The maximum Gasteiger partial charge on any atom is 0.414 e. The zero-order chi connectivity index (χ0) is 19.4. The van der Waals surface area contributed by atoms with Crippen molar-refractivity contribution in [3.8, 4) is 17.3 Å². The second kappa shape index (κ2) is 7.48. The molecule has 11 heteroatoms. The molecule has 1 aliphatic rings. The average Bonchev–Trinajstić information content (AvgIpc) is 3.25. The van der Waals surface area contributed by atoms with Crippen molar-refractivity contribution in [3.05, 3.63) is 36.3 Å². The first-order valence-corrected chi connectivity index (χ1v) is 7.90. The molecule has 2 heterocycles. The quantitative estimate of drug-likeness (QED) is 0.514. The van der Waals surface area contributed by atoms with Gasteiger partial charge in [0.15, 0.2) is 5.96 Å². The van der Waals surface area contributed by atoms with E-state index in [4.69, 9.17) is 20.6 Å². The Morgan fingerprint density at radius 2 is 2.07 bits per heavy atom. The van der Waals surface area contributed by atoms with E-state index in [1.165, 1.54) is 12.4 Å². The lowest BCUT2D eigenvalue weighted by Gasteiger charge is -2.07. The highest BCUT2D eigenvalue weighted by molar-refractivity contribution is 5.90. The molecule has 1 amide bonds. The summed E-state index contributed by atoms with van der Waals surface area (Å²) in [5.41, 5.74) is 6.59. The minimum Gasteiger partial charge on any atom is -0.463 e. The number of halogens is 2. The van der Waals surface area contributed by atoms with Gasteiger partial charge in [0, 0.05) is 24.4 Å². The largest absolute Gasteiger partial charge is 0.463 e. The highest BCUT2D eigenvalue weighted by Gasteiger charge is 2.57. The van der Waals surface area contributed by atoms with Gasteiger partial charge in [0.1, 0.15) is 13.2 Å². The van der Waals surface area contributed by atoms with Gasteiger partial charge in [-0.3, -0.25) is 10.7 Å². The number of hydrogen-bond acceptors (Lipinski definition) is 7. The van der Waals surface area contributed by atoms with E-state index in [-0.39, 0.29) is 25.6 Å². The predicted molar refractivity (Wildman–Crippen MR) is 89.0 cm³/mol. The van der Waals surface area contributed by atoms with Crippen LogP contribution in [0.3, 0.4) is 0 Å². The van der Waals surface area contributed by atoms with Gasteiger partial charge in [-0.25, -0.2) is 28.5 Å². The van der Waals surface area contributed by atoms with Gasteiger partial charge in [-0.1, -0.05) is 6.07 Å². The fourth-order valence-electron chi connectivity index (χ4n) is 2.15. The number of guanidine groups is 1. The molecule has 1 atom stereocenters. The second-order valence-electron chi connectivity index (χ2n) is 5.86. The van der Waals surface area contributed by atoms with Crippen molar-refractivity contribution in [2.75, 3.05) is 6.61 Å². The maximum absolute atomic E-state index is 12.8. The van der Waals surface area contributed by atoms with E-state index in [1.54, 1.807) is 18.2 Å². The van der Waals surface area contributed by atoms with Gasteiger partial charge in [0.2, 0.25) is 0 Å². The van der Waals surface area contributed by atoms with Crippen LogP contribution in [0, 0.1) is 11.3 Å². The van der Waals surface area contributed by atoms with E-state index in [9.17, 15) is 13.6 Å². The summed E-state index contributed by atoms with van der Waals surface area (Å²) in [6.45, 7) is -0.246. The smallest absolute Gasteiger partial charge is 0.414 e. The molecule has 2 aromatic heterocycles. The Morgan fingerprint density at radius 3 is 2.70 bits per heavy atom. The molecule has 2 aromatic rings. The van der Waals surface area contributed by atoms with Crippen LogP contribution >= 0.6 is 0 Å². The fraction of sp³-hybridized carbons (Fsp3) is 0.312. The maximum atomic E-state index is 12.8. The summed E-state index contributed by atoms with van der Waals surface area (Å²) in [7, 11) is 0. The minimum atomic E-state index is -2.65. The Labute approximate surface area is 152 Å². The van der Waals surface area contributed by atoms with Crippen molar-refractivity contribution >= 4 is 12.1 Å². The summed E-state index contributed by atoms with van der Waals surface area (Å²) in [6, 6.07) is 5.09. The van der Waals surface area contributed by atoms with Gasteiger partial charge in [-0.05, 0) is 12.1 Å². The summed E-state index contributed by atoms with van der Waals surface area (Å²) in [6.07, 6.45) is 1.89. The summed E-state index contributed by atoms with van der Waals surface area (Å²) < 4.78 is 35.7. The average molecular weight is 378 g/mol. The lowest BCUT2D eigenvalue weighted by atomic mass is 10.2. The van der Waals surface area contributed by atoms with Crippen LogP contribution in [-0.4, -0.2) is 39.5 Å². The third-order valence-electron chi connectivity index (χ3n) is 3.69. The van der Waals surface area contributed by atoms with E-state index >= 15 is 0 Å². The number of hydrogen-bond donors (Lipinski definition) is 3. The van der Waals surface area contributed by atoms with Crippen LogP contribution in [0.5, 0.6) is 6.01 Å². The van der Waals surface area contributed by atoms with Crippen LogP contribution < -0.4 is 15.8 Å². The zero-order valence-electron chi connectivity index (χ0n) is 14.0. The number of pyridine rings is 1. The van der Waals surface area contributed by atoms with Crippen molar-refractivity contribution in [2.45, 2.75) is 19.0 Å². The van der Waals surface area contributed by atoms with Crippen LogP contribution in [0.15, 0.2) is 30.6 Å². The number of alkyl halides is 2. The molecule has 0 bridgehead atoms. The molecule has 142 valence electrons. The molecule has 0 aliphatic heterocycles. The standard InChI is InChI=1S/C16H16F2N6O3/c17-16(18)4-10(16)7-26-14-21-5-9(6-22-14)12-3-1-2-11(23-12)8-27-15(25)24-13(19)20/h1-3,5-6,10H,4,7-8H2,(H4,19,20,24,25)/t10-/m1/s1. The number of amides is 1. The van der Waals surface area contributed by atoms with Crippen molar-refractivity contribution < 1.29 is 23.0 Å². The predicted octanol–water partition coefficient (Wildman–Crippen LogP) is 1.69. The van der Waals surface area contributed by atoms with Crippen LogP contribution in [0.2, 0.25) is 0 Å². The minimum absolute atomic E-state index is 0.0156. The third-order valence-corrected chi connectivity index (χ3v) is 3.69. The summed E-state index contributed by atoms with van der Waals surface area (Å²) in [4.78, 5) is 23.6. The van der Waals surface area contributed by atoms with Crippen LogP contribution in [-0.2, 0) is 11.3 Å². The number of ether oxygens (including phenoxy) is 2. The molecular formula is C16H16F2N6O3. The van der Waals surface area contributed by atoms with Crippen LogP contribution in [0.1, 0.15) is 12.1 Å². The molecule has 0 aromatic carbocycles. The zero-order valence-corrected chi connectivity index (χ0v) is 14.0. The Bertz CT molecular complexity index is 846. The Morgan fingerprint density at radius 1 is 1.37 bits per heavy atom. The number of nitrogens with two attached hydrogens (primary N) is 1.